The van der Waals surface area contributed by atoms with E-state index in [-0.39, 0.29) is 0 Å². The highest BCUT2D eigenvalue weighted by atomic mass is 16.3. The molecule has 2 N–H and O–H groups in total. The van der Waals surface area contributed by atoms with E-state index in [4.69, 9.17) is 11.7 Å². The van der Waals surface area contributed by atoms with Crippen molar-refractivity contribution >= 4 is 0 Å². The van der Waals surface area contributed by atoms with E-state index < -0.39 is 11.7 Å². The fourth-order valence-corrected chi connectivity index (χ4v) is 0.814. The number of rotatable bonds is 4. The smallest absolute Gasteiger partial charge is 0.0934 e. The molecule has 1 radical (unpaired) electrons. The van der Waals surface area contributed by atoms with Crippen LogP contribution >= 0.6 is 0 Å². The Kier molecular flexibility index (Phi) is 3.61. The van der Waals surface area contributed by atoms with Crippen LogP contribution < -0.4 is 0 Å². The molecule has 2 unspecified atom stereocenters. The van der Waals surface area contributed by atoms with E-state index in [0.29, 0.717) is 12.8 Å². The Morgan fingerprint density at radius 3 is 2.30 bits per heavy atom. The van der Waals surface area contributed by atoms with E-state index >= 15 is 0 Å². The highest BCUT2D eigenvalue weighted by molar-refractivity contribution is 4.88. The average molecular weight is 143 g/mol. The maximum Gasteiger partial charge on any atom is 0.0934 e. The summed E-state index contributed by atoms with van der Waals surface area (Å²) in [5.41, 5.74) is -1.03. The zero-order valence-electron chi connectivity index (χ0n) is 6.54. The van der Waals surface area contributed by atoms with E-state index in [1.807, 2.05) is 6.92 Å². The SMILES string of the molecule is [CH]=CCC(O)(CC)C(C)O. The van der Waals surface area contributed by atoms with Gasteiger partial charge in [-0.25, -0.2) is 0 Å². The van der Waals surface area contributed by atoms with Crippen molar-refractivity contribution in [3.63, 3.8) is 0 Å². The standard InChI is InChI=1S/C8H15O2/c1-4-6-8(10,5-2)7(3)9/h1,4,7,9-10H,5-6H2,2-3H3. The van der Waals surface area contributed by atoms with Crippen LogP contribution in [0, 0.1) is 6.58 Å². The first-order valence-corrected chi connectivity index (χ1v) is 3.50. The summed E-state index contributed by atoms with van der Waals surface area (Å²) >= 11 is 0. The summed E-state index contributed by atoms with van der Waals surface area (Å²) in [5, 5.41) is 18.6. The second-order valence-electron chi connectivity index (χ2n) is 2.57. The fraction of sp³-hybridized carbons (Fsp3) is 0.750. The van der Waals surface area contributed by atoms with Crippen LogP contribution in [0.3, 0.4) is 0 Å². The Balaban J connectivity index is 4.07. The maximum absolute atomic E-state index is 9.54. The third-order valence-corrected chi connectivity index (χ3v) is 1.86. The first-order valence-electron chi connectivity index (χ1n) is 3.50. The van der Waals surface area contributed by atoms with E-state index in [0.717, 1.165) is 0 Å². The molecule has 2 heteroatoms. The normalized spacial score (nSPS) is 19.6. The summed E-state index contributed by atoms with van der Waals surface area (Å²) < 4.78 is 0. The van der Waals surface area contributed by atoms with Crippen LogP contribution in [0.15, 0.2) is 6.08 Å². The summed E-state index contributed by atoms with van der Waals surface area (Å²) in [4.78, 5) is 0. The number of aliphatic hydroxyl groups excluding tert-OH is 1. The van der Waals surface area contributed by atoms with Gasteiger partial charge in [0, 0.05) is 0 Å². The molecule has 0 rings (SSSR count). The molecule has 59 valence electrons. The van der Waals surface area contributed by atoms with Crippen LogP contribution in [0.4, 0.5) is 0 Å². The molecule has 0 fully saturated rings. The van der Waals surface area contributed by atoms with Crippen LogP contribution in [0.5, 0.6) is 0 Å². The summed E-state index contributed by atoms with van der Waals surface area (Å²) in [6.07, 6.45) is 1.49. The van der Waals surface area contributed by atoms with Crippen LogP contribution in [0.2, 0.25) is 0 Å². The van der Waals surface area contributed by atoms with E-state index in [1.54, 1.807) is 6.92 Å². The van der Waals surface area contributed by atoms with Gasteiger partial charge in [-0.3, -0.25) is 0 Å². The molecule has 0 saturated heterocycles. The molecule has 0 aromatic carbocycles. The van der Waals surface area contributed by atoms with Crippen molar-refractivity contribution in [2.45, 2.75) is 38.4 Å². The Bertz CT molecular complexity index is 110. The Hall–Kier alpha value is -0.340. The molecule has 2 nitrogen and oxygen atoms in total. The second kappa shape index (κ2) is 3.74. The molecule has 10 heavy (non-hydrogen) atoms. The predicted octanol–water partition coefficient (Wildman–Crippen LogP) is 0.888. The lowest BCUT2D eigenvalue weighted by molar-refractivity contribution is -0.0660. The number of hydrogen-bond acceptors (Lipinski definition) is 2. The van der Waals surface area contributed by atoms with Gasteiger partial charge in [-0.15, -0.1) is 0 Å². The van der Waals surface area contributed by atoms with Gasteiger partial charge in [0.05, 0.1) is 11.7 Å². The average Bonchev–Trinajstić information content (AvgIpc) is 1.88. The highest BCUT2D eigenvalue weighted by Gasteiger charge is 2.28. The highest BCUT2D eigenvalue weighted by Crippen LogP contribution is 2.19. The van der Waals surface area contributed by atoms with Crippen LogP contribution in [-0.2, 0) is 0 Å². The van der Waals surface area contributed by atoms with Crippen molar-refractivity contribution < 1.29 is 10.2 Å². The van der Waals surface area contributed by atoms with Crippen molar-refractivity contribution in [3.8, 4) is 0 Å². The summed E-state index contributed by atoms with van der Waals surface area (Å²) in [7, 11) is 0. The van der Waals surface area contributed by atoms with Crippen molar-refractivity contribution in [1.29, 1.82) is 0 Å². The van der Waals surface area contributed by atoms with Gasteiger partial charge < -0.3 is 10.2 Å². The first kappa shape index (κ1) is 9.66. The van der Waals surface area contributed by atoms with Gasteiger partial charge in [-0.05, 0) is 19.8 Å². The van der Waals surface area contributed by atoms with Crippen LogP contribution in [0.1, 0.15) is 26.7 Å². The van der Waals surface area contributed by atoms with E-state index in [9.17, 15) is 5.11 Å². The molecule has 0 aromatic rings. The van der Waals surface area contributed by atoms with Gasteiger partial charge in [0.25, 0.3) is 0 Å². The minimum atomic E-state index is -1.03. The van der Waals surface area contributed by atoms with E-state index in [2.05, 4.69) is 0 Å². The third-order valence-electron chi connectivity index (χ3n) is 1.86. The minimum Gasteiger partial charge on any atom is -0.390 e. The summed E-state index contributed by atoms with van der Waals surface area (Å²) in [6.45, 7) is 8.51. The van der Waals surface area contributed by atoms with Gasteiger partial charge in [-0.1, -0.05) is 19.6 Å². The van der Waals surface area contributed by atoms with Crippen molar-refractivity contribution in [1.82, 2.24) is 0 Å². The molecule has 0 spiro atoms. The molecule has 0 aliphatic carbocycles. The molecule has 0 aliphatic rings. The fourth-order valence-electron chi connectivity index (χ4n) is 0.814. The Labute approximate surface area is 62.2 Å². The Morgan fingerprint density at radius 1 is 1.70 bits per heavy atom. The van der Waals surface area contributed by atoms with Crippen LogP contribution in [0.25, 0.3) is 0 Å². The van der Waals surface area contributed by atoms with Crippen LogP contribution in [-0.4, -0.2) is 21.9 Å². The third kappa shape index (κ3) is 2.12. The number of aliphatic hydroxyl groups is 2. The van der Waals surface area contributed by atoms with Crippen molar-refractivity contribution in [2.75, 3.05) is 0 Å². The van der Waals surface area contributed by atoms with Gasteiger partial charge >= 0.3 is 0 Å². The molecule has 2 atom stereocenters. The lowest BCUT2D eigenvalue weighted by Crippen LogP contribution is -2.39. The van der Waals surface area contributed by atoms with Gasteiger partial charge in [-0.2, -0.15) is 0 Å². The van der Waals surface area contributed by atoms with Crippen molar-refractivity contribution in [3.05, 3.63) is 12.7 Å². The molecular formula is C8H15O2. The van der Waals surface area contributed by atoms with Gasteiger partial charge in [0.2, 0.25) is 0 Å². The van der Waals surface area contributed by atoms with Gasteiger partial charge in [0.1, 0.15) is 0 Å². The molecule has 0 saturated carbocycles. The largest absolute Gasteiger partial charge is 0.390 e. The zero-order valence-corrected chi connectivity index (χ0v) is 6.54. The molecule has 0 aromatic heterocycles. The van der Waals surface area contributed by atoms with Crippen molar-refractivity contribution in [2.24, 2.45) is 0 Å². The quantitative estimate of drug-likeness (QED) is 0.613. The maximum atomic E-state index is 9.54. The predicted molar refractivity (Wildman–Crippen MR) is 40.4 cm³/mol. The summed E-state index contributed by atoms with van der Waals surface area (Å²) in [5.74, 6) is 0. The number of hydrogen-bond donors (Lipinski definition) is 2. The zero-order chi connectivity index (χ0) is 8.20. The van der Waals surface area contributed by atoms with Gasteiger partial charge in [0.15, 0.2) is 0 Å². The minimum absolute atomic E-state index is 0.334. The Morgan fingerprint density at radius 2 is 2.20 bits per heavy atom. The lowest BCUT2D eigenvalue weighted by Gasteiger charge is -2.28. The topological polar surface area (TPSA) is 40.5 Å². The first-order chi connectivity index (χ1) is 4.56. The monoisotopic (exact) mass is 143 g/mol. The lowest BCUT2D eigenvalue weighted by atomic mass is 9.91. The molecule has 0 aliphatic heterocycles. The molecule has 0 heterocycles. The second-order valence-corrected chi connectivity index (χ2v) is 2.57. The summed E-state index contributed by atoms with van der Waals surface area (Å²) in [6, 6.07) is 0. The molecular weight excluding hydrogens is 128 g/mol. The molecule has 0 amide bonds. The van der Waals surface area contributed by atoms with E-state index in [1.165, 1.54) is 6.08 Å². The molecule has 0 bridgehead atoms.